The number of benzene rings is 2. The fourth-order valence-corrected chi connectivity index (χ4v) is 2.58. The molecule has 0 atom stereocenters. The molecule has 0 fully saturated rings. The lowest BCUT2D eigenvalue weighted by Gasteiger charge is -2.09. The van der Waals surface area contributed by atoms with Crippen molar-refractivity contribution in [2.45, 2.75) is 13.3 Å². The molecule has 0 bridgehead atoms. The van der Waals surface area contributed by atoms with Gasteiger partial charge in [-0.15, -0.1) is 0 Å². The fraction of sp³-hybridized carbons (Fsp3) is 0.235. The smallest absolute Gasteiger partial charge is 0.255 e. The van der Waals surface area contributed by atoms with E-state index in [-0.39, 0.29) is 5.91 Å². The van der Waals surface area contributed by atoms with E-state index < -0.39 is 10.0 Å². The van der Waals surface area contributed by atoms with Crippen molar-refractivity contribution >= 4 is 21.6 Å². The zero-order valence-corrected chi connectivity index (χ0v) is 14.0. The van der Waals surface area contributed by atoms with Crippen LogP contribution in [0.15, 0.2) is 48.5 Å². The van der Waals surface area contributed by atoms with Crippen LogP contribution in [0.25, 0.3) is 0 Å². The molecule has 2 aromatic rings. The van der Waals surface area contributed by atoms with Gasteiger partial charge in [0.15, 0.2) is 0 Å². The standard InChI is InChI=1S/C17H20N2O3S/c1-13-5-3-4-6-16(13)19-17(20)15-9-7-14(8-10-15)11-12-18-23(2,21)22/h3-10,18H,11-12H2,1-2H3,(H,19,20). The summed E-state index contributed by atoms with van der Waals surface area (Å²) in [7, 11) is -3.17. The van der Waals surface area contributed by atoms with Crippen molar-refractivity contribution < 1.29 is 13.2 Å². The molecule has 0 spiro atoms. The Labute approximate surface area is 136 Å². The first-order chi connectivity index (χ1) is 10.8. The van der Waals surface area contributed by atoms with Gasteiger partial charge in [0.2, 0.25) is 10.0 Å². The third-order valence-corrected chi connectivity index (χ3v) is 4.12. The van der Waals surface area contributed by atoms with Crippen molar-refractivity contribution in [3.05, 3.63) is 65.2 Å². The molecule has 122 valence electrons. The highest BCUT2D eigenvalue weighted by Gasteiger charge is 2.07. The predicted molar refractivity (Wildman–Crippen MR) is 92.1 cm³/mol. The van der Waals surface area contributed by atoms with Crippen LogP contribution >= 0.6 is 0 Å². The summed E-state index contributed by atoms with van der Waals surface area (Å²) in [5.41, 5.74) is 3.32. The van der Waals surface area contributed by atoms with Crippen LogP contribution < -0.4 is 10.0 Å². The molecule has 2 aromatic carbocycles. The van der Waals surface area contributed by atoms with Crippen molar-refractivity contribution in [2.24, 2.45) is 0 Å². The van der Waals surface area contributed by atoms with Gasteiger partial charge in [0.25, 0.3) is 5.91 Å². The van der Waals surface area contributed by atoms with Crippen molar-refractivity contribution in [1.82, 2.24) is 4.72 Å². The second kappa shape index (κ2) is 7.39. The highest BCUT2D eigenvalue weighted by Crippen LogP contribution is 2.15. The first-order valence-corrected chi connectivity index (χ1v) is 9.15. The van der Waals surface area contributed by atoms with Gasteiger partial charge in [-0.3, -0.25) is 4.79 Å². The summed E-state index contributed by atoms with van der Waals surface area (Å²) in [5, 5.41) is 2.88. The third-order valence-electron chi connectivity index (χ3n) is 3.39. The number of aryl methyl sites for hydroxylation is 1. The second-order valence-corrected chi connectivity index (χ2v) is 7.22. The van der Waals surface area contributed by atoms with Crippen molar-refractivity contribution in [3.8, 4) is 0 Å². The molecule has 0 saturated carbocycles. The quantitative estimate of drug-likeness (QED) is 0.852. The topological polar surface area (TPSA) is 75.3 Å². The molecular weight excluding hydrogens is 312 g/mol. The Kier molecular flexibility index (Phi) is 5.52. The van der Waals surface area contributed by atoms with E-state index in [1.807, 2.05) is 43.3 Å². The number of anilines is 1. The summed E-state index contributed by atoms with van der Waals surface area (Å²) in [6.45, 7) is 2.28. The van der Waals surface area contributed by atoms with E-state index in [2.05, 4.69) is 10.0 Å². The number of hydrogen-bond donors (Lipinski definition) is 2. The number of rotatable bonds is 6. The number of amides is 1. The van der Waals surface area contributed by atoms with E-state index in [1.165, 1.54) is 0 Å². The highest BCUT2D eigenvalue weighted by atomic mass is 32.2. The lowest BCUT2D eigenvalue weighted by Crippen LogP contribution is -2.24. The molecule has 2 rings (SSSR count). The first kappa shape index (κ1) is 17.2. The summed E-state index contributed by atoms with van der Waals surface area (Å²) in [4.78, 5) is 12.2. The van der Waals surface area contributed by atoms with E-state index >= 15 is 0 Å². The molecule has 0 aromatic heterocycles. The van der Waals surface area contributed by atoms with Gasteiger partial charge in [0, 0.05) is 17.8 Å². The van der Waals surface area contributed by atoms with Crippen LogP contribution in [-0.2, 0) is 16.4 Å². The van der Waals surface area contributed by atoms with Crippen molar-refractivity contribution in [2.75, 3.05) is 18.1 Å². The number of nitrogens with one attached hydrogen (secondary N) is 2. The number of hydrogen-bond acceptors (Lipinski definition) is 3. The van der Waals surface area contributed by atoms with E-state index in [0.29, 0.717) is 18.5 Å². The zero-order chi connectivity index (χ0) is 16.9. The molecule has 0 aliphatic heterocycles. The van der Waals surface area contributed by atoms with Crippen molar-refractivity contribution in [1.29, 1.82) is 0 Å². The number of carbonyl (C=O) groups excluding carboxylic acids is 1. The first-order valence-electron chi connectivity index (χ1n) is 7.26. The number of carbonyl (C=O) groups is 1. The predicted octanol–water partition coefficient (Wildman–Crippen LogP) is 2.34. The molecule has 0 saturated heterocycles. The second-order valence-electron chi connectivity index (χ2n) is 5.38. The maximum Gasteiger partial charge on any atom is 0.255 e. The van der Waals surface area contributed by atoms with Crippen LogP contribution in [0.2, 0.25) is 0 Å². The van der Waals surface area contributed by atoms with Gasteiger partial charge in [-0.2, -0.15) is 0 Å². The molecular formula is C17H20N2O3S. The molecule has 1 amide bonds. The van der Waals surface area contributed by atoms with E-state index in [9.17, 15) is 13.2 Å². The van der Waals surface area contributed by atoms with Crippen molar-refractivity contribution in [3.63, 3.8) is 0 Å². The van der Waals surface area contributed by atoms with Crippen LogP contribution in [0.5, 0.6) is 0 Å². The largest absolute Gasteiger partial charge is 0.322 e. The van der Waals surface area contributed by atoms with Crippen LogP contribution in [0.3, 0.4) is 0 Å². The number of sulfonamides is 1. The maximum absolute atomic E-state index is 12.2. The van der Waals surface area contributed by atoms with Crippen LogP contribution in [-0.4, -0.2) is 27.1 Å². The van der Waals surface area contributed by atoms with Gasteiger partial charge in [0.05, 0.1) is 6.26 Å². The average Bonchev–Trinajstić information content (AvgIpc) is 2.49. The van der Waals surface area contributed by atoms with E-state index in [4.69, 9.17) is 0 Å². The molecule has 2 N–H and O–H groups in total. The highest BCUT2D eigenvalue weighted by molar-refractivity contribution is 7.88. The maximum atomic E-state index is 12.2. The Morgan fingerprint density at radius 2 is 1.70 bits per heavy atom. The Bertz CT molecular complexity index is 784. The minimum atomic E-state index is -3.17. The fourth-order valence-electron chi connectivity index (χ4n) is 2.11. The number of para-hydroxylation sites is 1. The third kappa shape index (κ3) is 5.50. The molecule has 0 radical (unpaired) electrons. The average molecular weight is 332 g/mol. The van der Waals surface area contributed by atoms with Crippen LogP contribution in [0, 0.1) is 6.92 Å². The van der Waals surface area contributed by atoms with Crippen LogP contribution in [0.1, 0.15) is 21.5 Å². The summed E-state index contributed by atoms with van der Waals surface area (Å²) in [6, 6.07) is 14.7. The van der Waals surface area contributed by atoms with E-state index in [1.54, 1.807) is 12.1 Å². The lowest BCUT2D eigenvalue weighted by atomic mass is 10.1. The van der Waals surface area contributed by atoms with Gasteiger partial charge in [0.1, 0.15) is 0 Å². The Hall–Kier alpha value is -2.18. The normalized spacial score (nSPS) is 11.2. The monoisotopic (exact) mass is 332 g/mol. The summed E-state index contributed by atoms with van der Waals surface area (Å²) in [5.74, 6) is -0.167. The Balaban J connectivity index is 1.96. The van der Waals surface area contributed by atoms with Gasteiger partial charge in [-0.05, 0) is 42.7 Å². The minimum absolute atomic E-state index is 0.167. The molecule has 23 heavy (non-hydrogen) atoms. The zero-order valence-electron chi connectivity index (χ0n) is 13.2. The molecule has 0 unspecified atom stereocenters. The molecule has 5 nitrogen and oxygen atoms in total. The molecule has 0 aliphatic carbocycles. The van der Waals surface area contributed by atoms with Gasteiger partial charge in [-0.25, -0.2) is 13.1 Å². The minimum Gasteiger partial charge on any atom is -0.322 e. The lowest BCUT2D eigenvalue weighted by molar-refractivity contribution is 0.102. The molecule has 0 heterocycles. The van der Waals surface area contributed by atoms with Gasteiger partial charge < -0.3 is 5.32 Å². The van der Waals surface area contributed by atoms with Gasteiger partial charge >= 0.3 is 0 Å². The van der Waals surface area contributed by atoms with Gasteiger partial charge in [-0.1, -0.05) is 30.3 Å². The Morgan fingerprint density at radius 1 is 1.04 bits per heavy atom. The summed E-state index contributed by atoms with van der Waals surface area (Å²) in [6.07, 6.45) is 1.71. The Morgan fingerprint density at radius 3 is 2.30 bits per heavy atom. The van der Waals surface area contributed by atoms with Crippen LogP contribution in [0.4, 0.5) is 5.69 Å². The molecule has 0 aliphatic rings. The molecule has 6 heteroatoms. The van der Waals surface area contributed by atoms with E-state index in [0.717, 1.165) is 23.1 Å². The summed E-state index contributed by atoms with van der Waals surface area (Å²) < 4.78 is 24.4. The summed E-state index contributed by atoms with van der Waals surface area (Å²) >= 11 is 0. The SMILES string of the molecule is Cc1ccccc1NC(=O)c1ccc(CCNS(C)(=O)=O)cc1.